The molecule has 8 heteroatoms. The molecular formula is C26H36N2O6. The molecule has 0 heterocycles. The van der Waals surface area contributed by atoms with Gasteiger partial charge in [-0.3, -0.25) is 0 Å². The largest absolute Gasteiger partial charge is 0.487 e. The fraction of sp³-hybridized carbons (Fsp3) is 0.385. The van der Waals surface area contributed by atoms with Gasteiger partial charge in [-0.2, -0.15) is 0 Å². The van der Waals surface area contributed by atoms with E-state index in [2.05, 4.69) is 23.8 Å². The maximum Gasteiger partial charge on any atom is 0.161 e. The Morgan fingerprint density at radius 3 is 1.35 bits per heavy atom. The molecule has 0 aliphatic carbocycles. The van der Waals surface area contributed by atoms with Crippen molar-refractivity contribution in [3.8, 4) is 23.0 Å². The number of nitrogens with one attached hydrogen (secondary N) is 2. The first-order valence-electron chi connectivity index (χ1n) is 11.3. The summed E-state index contributed by atoms with van der Waals surface area (Å²) in [5.74, 6) is 2.39. The normalized spacial score (nSPS) is 12.4. The third-order valence-corrected chi connectivity index (χ3v) is 4.51. The van der Waals surface area contributed by atoms with Gasteiger partial charge < -0.3 is 39.8 Å². The van der Waals surface area contributed by atoms with Gasteiger partial charge in [0, 0.05) is 26.2 Å². The third-order valence-electron chi connectivity index (χ3n) is 4.51. The lowest BCUT2D eigenvalue weighted by molar-refractivity contribution is 0.101. The average Bonchev–Trinajstić information content (AvgIpc) is 2.86. The molecule has 2 atom stereocenters. The fourth-order valence-corrected chi connectivity index (χ4v) is 2.88. The minimum atomic E-state index is -0.671. The molecule has 0 aliphatic rings. The van der Waals surface area contributed by atoms with Gasteiger partial charge in [-0.25, -0.2) is 0 Å². The molecule has 2 unspecified atom stereocenters. The number of aliphatic hydroxyl groups excluding tert-OH is 2. The zero-order chi connectivity index (χ0) is 24.4. The Hall–Kier alpha value is -3.04. The molecule has 0 aliphatic heterocycles. The first-order valence-corrected chi connectivity index (χ1v) is 11.3. The molecule has 0 fully saturated rings. The zero-order valence-electron chi connectivity index (χ0n) is 19.5. The highest BCUT2D eigenvalue weighted by Crippen LogP contribution is 2.27. The molecule has 2 aromatic carbocycles. The molecule has 0 aromatic heterocycles. The van der Waals surface area contributed by atoms with Crippen LogP contribution in [0.4, 0.5) is 0 Å². The van der Waals surface area contributed by atoms with E-state index in [1.54, 1.807) is 24.3 Å². The van der Waals surface area contributed by atoms with Gasteiger partial charge >= 0.3 is 0 Å². The van der Waals surface area contributed by atoms with E-state index in [1.807, 2.05) is 36.4 Å². The Bertz CT molecular complexity index is 778. The molecule has 8 nitrogen and oxygen atoms in total. The van der Waals surface area contributed by atoms with E-state index in [-0.39, 0.29) is 13.2 Å². The number of benzene rings is 2. The SMILES string of the molecule is C=CCOc1ccccc1OCC(O)CNCCNCC(O)COc1ccccc1OCC=C. The van der Waals surface area contributed by atoms with Crippen LogP contribution >= 0.6 is 0 Å². The number of hydrogen-bond acceptors (Lipinski definition) is 8. The second-order valence-corrected chi connectivity index (χ2v) is 7.43. The smallest absolute Gasteiger partial charge is 0.161 e. The minimum Gasteiger partial charge on any atom is -0.487 e. The highest BCUT2D eigenvalue weighted by molar-refractivity contribution is 5.40. The minimum absolute atomic E-state index is 0.142. The van der Waals surface area contributed by atoms with Crippen molar-refractivity contribution in [1.29, 1.82) is 0 Å². The van der Waals surface area contributed by atoms with Crippen LogP contribution < -0.4 is 29.6 Å². The first-order chi connectivity index (χ1) is 16.6. The van der Waals surface area contributed by atoms with Crippen LogP contribution in [0.15, 0.2) is 73.8 Å². The van der Waals surface area contributed by atoms with Gasteiger partial charge in [-0.05, 0) is 24.3 Å². The van der Waals surface area contributed by atoms with E-state index < -0.39 is 12.2 Å². The van der Waals surface area contributed by atoms with Crippen molar-refractivity contribution in [2.75, 3.05) is 52.6 Å². The monoisotopic (exact) mass is 472 g/mol. The molecule has 0 amide bonds. The summed E-state index contributed by atoms with van der Waals surface area (Å²) < 4.78 is 22.4. The molecule has 0 saturated carbocycles. The first kappa shape index (κ1) is 27.2. The summed E-state index contributed by atoms with van der Waals surface area (Å²) in [4.78, 5) is 0. The molecule has 186 valence electrons. The van der Waals surface area contributed by atoms with Crippen LogP contribution in [0.2, 0.25) is 0 Å². The summed E-state index contributed by atoms with van der Waals surface area (Å²) >= 11 is 0. The van der Waals surface area contributed by atoms with Crippen molar-refractivity contribution in [2.45, 2.75) is 12.2 Å². The van der Waals surface area contributed by atoms with Gasteiger partial charge in [0.05, 0.1) is 0 Å². The maximum atomic E-state index is 10.1. The molecule has 0 saturated heterocycles. The topological polar surface area (TPSA) is 101 Å². The van der Waals surface area contributed by atoms with Crippen LogP contribution in [0.25, 0.3) is 0 Å². The standard InChI is InChI=1S/C26H36N2O6/c1-3-15-31-23-9-5-7-11-25(23)33-19-21(29)17-27-13-14-28-18-22(30)20-34-26-12-8-6-10-24(26)32-16-4-2/h3-12,21-22,27-30H,1-2,13-20H2. The highest BCUT2D eigenvalue weighted by atomic mass is 16.5. The highest BCUT2D eigenvalue weighted by Gasteiger charge is 2.10. The van der Waals surface area contributed by atoms with Gasteiger partial charge in [-0.1, -0.05) is 49.6 Å². The number of ether oxygens (including phenoxy) is 4. The summed E-state index contributed by atoms with van der Waals surface area (Å²) in [6.07, 6.45) is 1.98. The van der Waals surface area contributed by atoms with Crippen molar-refractivity contribution < 1.29 is 29.2 Å². The average molecular weight is 473 g/mol. The summed E-state index contributed by atoms with van der Waals surface area (Å²) in [5.41, 5.74) is 0. The maximum absolute atomic E-state index is 10.1. The molecule has 4 N–H and O–H groups in total. The number of aliphatic hydroxyl groups is 2. The summed E-state index contributed by atoms with van der Waals surface area (Å²) in [7, 11) is 0. The predicted molar refractivity (Wildman–Crippen MR) is 133 cm³/mol. The quantitative estimate of drug-likeness (QED) is 0.182. The number of hydrogen-bond donors (Lipinski definition) is 4. The predicted octanol–water partition coefficient (Wildman–Crippen LogP) is 2.18. The van der Waals surface area contributed by atoms with Gasteiger partial charge in [0.2, 0.25) is 0 Å². The fourth-order valence-electron chi connectivity index (χ4n) is 2.88. The van der Waals surface area contributed by atoms with E-state index >= 15 is 0 Å². The lowest BCUT2D eigenvalue weighted by Gasteiger charge is -2.17. The zero-order valence-corrected chi connectivity index (χ0v) is 19.5. The van der Waals surface area contributed by atoms with Crippen molar-refractivity contribution in [3.63, 3.8) is 0 Å². The van der Waals surface area contributed by atoms with Crippen LogP contribution in [-0.2, 0) is 0 Å². The van der Waals surface area contributed by atoms with Crippen LogP contribution in [0.3, 0.4) is 0 Å². The Morgan fingerprint density at radius 2 is 1.00 bits per heavy atom. The second-order valence-electron chi connectivity index (χ2n) is 7.43. The molecule has 2 aromatic rings. The summed E-state index contributed by atoms with van der Waals surface area (Å²) in [6, 6.07) is 14.6. The molecule has 0 bridgehead atoms. The van der Waals surface area contributed by atoms with Crippen molar-refractivity contribution in [2.24, 2.45) is 0 Å². The third kappa shape index (κ3) is 10.7. The van der Waals surface area contributed by atoms with Crippen LogP contribution in [0, 0.1) is 0 Å². The van der Waals surface area contributed by atoms with E-state index in [9.17, 15) is 10.2 Å². The van der Waals surface area contributed by atoms with E-state index in [1.165, 1.54) is 0 Å². The van der Waals surface area contributed by atoms with Crippen LogP contribution in [0.1, 0.15) is 0 Å². The van der Waals surface area contributed by atoms with E-state index in [0.717, 1.165) is 0 Å². The van der Waals surface area contributed by atoms with Crippen LogP contribution in [-0.4, -0.2) is 75.0 Å². The van der Waals surface area contributed by atoms with Crippen molar-refractivity contribution in [1.82, 2.24) is 10.6 Å². The van der Waals surface area contributed by atoms with Gasteiger partial charge in [0.15, 0.2) is 23.0 Å². The van der Waals surface area contributed by atoms with Crippen molar-refractivity contribution in [3.05, 3.63) is 73.8 Å². The van der Waals surface area contributed by atoms with Gasteiger partial charge in [0.1, 0.15) is 38.6 Å². The van der Waals surface area contributed by atoms with E-state index in [4.69, 9.17) is 18.9 Å². The Labute approximate surface area is 201 Å². The molecule has 34 heavy (non-hydrogen) atoms. The molecule has 2 rings (SSSR count). The Balaban J connectivity index is 1.55. The summed E-state index contributed by atoms with van der Waals surface area (Å²) in [6.45, 7) is 10.3. The van der Waals surface area contributed by atoms with Crippen molar-refractivity contribution >= 4 is 0 Å². The number of rotatable bonds is 19. The van der Waals surface area contributed by atoms with Gasteiger partial charge in [-0.15, -0.1) is 0 Å². The molecule has 0 radical (unpaired) electrons. The van der Waals surface area contributed by atoms with Gasteiger partial charge in [0.25, 0.3) is 0 Å². The lowest BCUT2D eigenvalue weighted by Crippen LogP contribution is -2.38. The lowest BCUT2D eigenvalue weighted by atomic mass is 10.3. The summed E-state index contributed by atoms with van der Waals surface area (Å²) in [5, 5.41) is 26.6. The molecular weight excluding hydrogens is 436 g/mol. The Morgan fingerprint density at radius 1 is 0.647 bits per heavy atom. The number of para-hydroxylation sites is 4. The second kappa shape index (κ2) is 16.6. The molecule has 0 spiro atoms. The van der Waals surface area contributed by atoms with Crippen LogP contribution in [0.5, 0.6) is 23.0 Å². The Kier molecular flexibility index (Phi) is 13.2. The van der Waals surface area contributed by atoms with E-state index in [0.29, 0.717) is 62.4 Å².